The Labute approximate surface area is 80.7 Å². The van der Waals surface area contributed by atoms with Crippen LogP contribution in [0.1, 0.15) is 0 Å². The van der Waals surface area contributed by atoms with E-state index in [2.05, 4.69) is 11.6 Å². The smallest absolute Gasteiger partial charge is 0.327 e. The lowest BCUT2D eigenvalue weighted by molar-refractivity contribution is 0.708. The fourth-order valence-corrected chi connectivity index (χ4v) is 1.01. The molecular formula is C8H10ClN3O. The van der Waals surface area contributed by atoms with Crippen LogP contribution in [-0.2, 0) is 6.54 Å². The van der Waals surface area contributed by atoms with Crippen LogP contribution >= 0.6 is 11.6 Å². The number of hydrogen-bond acceptors (Lipinski definition) is 3. The normalized spacial score (nSPS) is 10.0. The van der Waals surface area contributed by atoms with E-state index < -0.39 is 0 Å². The first-order valence-electron chi connectivity index (χ1n) is 3.72. The van der Waals surface area contributed by atoms with E-state index >= 15 is 0 Å². The average molecular weight is 200 g/mol. The highest BCUT2D eigenvalue weighted by Crippen LogP contribution is 2.02. The van der Waals surface area contributed by atoms with Crippen molar-refractivity contribution in [2.24, 2.45) is 5.73 Å². The van der Waals surface area contributed by atoms with E-state index in [1.165, 1.54) is 17.0 Å². The number of hydrogen-bond donors (Lipinski definition) is 1. The number of nitrogens with zero attached hydrogens (tertiary/aromatic N) is 2. The topological polar surface area (TPSA) is 60.9 Å². The molecule has 0 spiro atoms. The molecular weight excluding hydrogens is 190 g/mol. The van der Waals surface area contributed by atoms with Crippen LogP contribution in [0.15, 0.2) is 29.3 Å². The van der Waals surface area contributed by atoms with E-state index in [-0.39, 0.29) is 5.69 Å². The Morgan fingerprint density at radius 3 is 3.08 bits per heavy atom. The number of nitrogens with two attached hydrogens (primary N) is 1. The summed E-state index contributed by atoms with van der Waals surface area (Å²) in [7, 11) is 0. The van der Waals surface area contributed by atoms with Crippen molar-refractivity contribution in [2.75, 3.05) is 6.54 Å². The molecule has 0 saturated carbocycles. The van der Waals surface area contributed by atoms with Gasteiger partial charge in [-0.15, -0.1) is 0 Å². The van der Waals surface area contributed by atoms with Gasteiger partial charge < -0.3 is 5.73 Å². The largest absolute Gasteiger partial charge is 0.347 e. The molecule has 1 aromatic heterocycles. The second-order valence-corrected chi connectivity index (χ2v) is 3.07. The molecule has 1 rings (SSSR count). The van der Waals surface area contributed by atoms with Crippen LogP contribution in [0.5, 0.6) is 0 Å². The van der Waals surface area contributed by atoms with E-state index in [0.29, 0.717) is 18.1 Å². The van der Waals surface area contributed by atoms with Crippen LogP contribution in [0.4, 0.5) is 0 Å². The molecule has 0 fully saturated rings. The number of aromatic nitrogens is 2. The van der Waals surface area contributed by atoms with E-state index in [1.54, 1.807) is 0 Å². The van der Waals surface area contributed by atoms with Crippen LogP contribution in [0.2, 0.25) is 5.02 Å². The highest BCUT2D eigenvalue weighted by atomic mass is 35.5. The molecule has 2 N–H and O–H groups in total. The molecule has 5 heteroatoms. The Kier molecular flexibility index (Phi) is 3.22. The minimum atomic E-state index is -0.348. The molecule has 0 bridgehead atoms. The minimum absolute atomic E-state index is 0.346. The van der Waals surface area contributed by atoms with Crippen molar-refractivity contribution in [2.45, 2.75) is 6.54 Å². The fourth-order valence-electron chi connectivity index (χ4n) is 0.847. The van der Waals surface area contributed by atoms with Crippen LogP contribution in [-0.4, -0.2) is 16.1 Å². The molecule has 0 aliphatic carbocycles. The van der Waals surface area contributed by atoms with Crippen molar-refractivity contribution >= 4 is 11.6 Å². The third-order valence-corrected chi connectivity index (χ3v) is 1.70. The van der Waals surface area contributed by atoms with Gasteiger partial charge in [-0.1, -0.05) is 18.2 Å². The summed E-state index contributed by atoms with van der Waals surface area (Å²) < 4.78 is 1.37. The highest BCUT2D eigenvalue weighted by molar-refractivity contribution is 6.30. The molecule has 0 amide bonds. The monoisotopic (exact) mass is 199 g/mol. The quantitative estimate of drug-likeness (QED) is 0.718. The molecule has 0 aromatic carbocycles. The third-order valence-electron chi connectivity index (χ3n) is 1.51. The van der Waals surface area contributed by atoms with E-state index in [0.717, 1.165) is 5.57 Å². The zero-order valence-electron chi connectivity index (χ0n) is 7.03. The molecule has 0 saturated heterocycles. The molecule has 1 aromatic rings. The van der Waals surface area contributed by atoms with Crippen LogP contribution in [0.3, 0.4) is 0 Å². The Hall–Kier alpha value is -1.13. The van der Waals surface area contributed by atoms with Crippen molar-refractivity contribution in [3.63, 3.8) is 0 Å². The SMILES string of the molecule is C=C(CN)Cn1cc(Cl)cnc1=O. The third kappa shape index (κ3) is 2.68. The van der Waals surface area contributed by atoms with Gasteiger partial charge in [0.25, 0.3) is 0 Å². The summed E-state index contributed by atoms with van der Waals surface area (Å²) in [5, 5.41) is 0.421. The Balaban J connectivity index is 2.94. The summed E-state index contributed by atoms with van der Waals surface area (Å²) in [6.07, 6.45) is 2.82. The molecule has 0 radical (unpaired) electrons. The van der Waals surface area contributed by atoms with Gasteiger partial charge in [-0.05, 0) is 5.57 Å². The minimum Gasteiger partial charge on any atom is -0.327 e. The summed E-state index contributed by atoms with van der Waals surface area (Å²) in [5.41, 5.74) is 5.75. The first-order chi connectivity index (χ1) is 6.13. The average Bonchev–Trinajstić information content (AvgIpc) is 2.11. The molecule has 4 nitrogen and oxygen atoms in total. The molecule has 0 unspecified atom stereocenters. The summed E-state index contributed by atoms with van der Waals surface area (Å²) in [6, 6.07) is 0. The maximum Gasteiger partial charge on any atom is 0.347 e. The first-order valence-corrected chi connectivity index (χ1v) is 4.10. The van der Waals surface area contributed by atoms with Gasteiger partial charge in [-0.3, -0.25) is 4.57 Å². The van der Waals surface area contributed by atoms with Gasteiger partial charge in [0.15, 0.2) is 0 Å². The van der Waals surface area contributed by atoms with Crippen LogP contribution < -0.4 is 11.4 Å². The molecule has 0 atom stereocenters. The van der Waals surface area contributed by atoms with Gasteiger partial charge in [0.1, 0.15) is 0 Å². The molecule has 70 valence electrons. The van der Waals surface area contributed by atoms with Crippen molar-refractivity contribution < 1.29 is 0 Å². The van der Waals surface area contributed by atoms with Gasteiger partial charge >= 0.3 is 5.69 Å². The molecule has 0 aliphatic rings. The zero-order chi connectivity index (χ0) is 9.84. The van der Waals surface area contributed by atoms with Gasteiger partial charge in [-0.25, -0.2) is 9.78 Å². The van der Waals surface area contributed by atoms with Crippen molar-refractivity contribution in [1.29, 1.82) is 0 Å². The Bertz CT molecular complexity index is 372. The Morgan fingerprint density at radius 2 is 2.46 bits per heavy atom. The molecule has 13 heavy (non-hydrogen) atoms. The van der Waals surface area contributed by atoms with E-state index in [9.17, 15) is 4.79 Å². The van der Waals surface area contributed by atoms with Crippen LogP contribution in [0, 0.1) is 0 Å². The predicted octanol–water partition coefficient (Wildman–Crippen LogP) is 0.412. The standard InChI is InChI=1S/C8H10ClN3O/c1-6(2-10)4-12-5-7(9)3-11-8(12)13/h3,5H,1-2,4,10H2. The maximum atomic E-state index is 11.1. The lowest BCUT2D eigenvalue weighted by Gasteiger charge is -2.05. The molecule has 0 aliphatic heterocycles. The summed E-state index contributed by atoms with van der Waals surface area (Å²) in [6.45, 7) is 4.39. The summed E-state index contributed by atoms with van der Waals surface area (Å²) in [4.78, 5) is 14.7. The molecule has 1 heterocycles. The Morgan fingerprint density at radius 1 is 1.77 bits per heavy atom. The lowest BCUT2D eigenvalue weighted by Crippen LogP contribution is -2.24. The summed E-state index contributed by atoms with van der Waals surface area (Å²) in [5.74, 6) is 0. The zero-order valence-corrected chi connectivity index (χ0v) is 7.79. The van der Waals surface area contributed by atoms with Crippen molar-refractivity contribution in [3.8, 4) is 0 Å². The van der Waals surface area contributed by atoms with E-state index in [4.69, 9.17) is 17.3 Å². The van der Waals surface area contributed by atoms with Gasteiger partial charge in [0, 0.05) is 19.3 Å². The van der Waals surface area contributed by atoms with Crippen molar-refractivity contribution in [1.82, 2.24) is 9.55 Å². The first kappa shape index (κ1) is 9.95. The fraction of sp³-hybridized carbons (Fsp3) is 0.250. The van der Waals surface area contributed by atoms with Crippen molar-refractivity contribution in [3.05, 3.63) is 40.1 Å². The van der Waals surface area contributed by atoms with Gasteiger partial charge in [-0.2, -0.15) is 0 Å². The summed E-state index contributed by atoms with van der Waals surface area (Å²) >= 11 is 5.66. The van der Waals surface area contributed by atoms with Gasteiger partial charge in [0.05, 0.1) is 11.2 Å². The number of halogens is 1. The second-order valence-electron chi connectivity index (χ2n) is 2.64. The maximum absolute atomic E-state index is 11.1. The van der Waals surface area contributed by atoms with E-state index in [1.807, 2.05) is 0 Å². The second kappa shape index (κ2) is 4.20. The van der Waals surface area contributed by atoms with Crippen LogP contribution in [0.25, 0.3) is 0 Å². The highest BCUT2D eigenvalue weighted by Gasteiger charge is 1.99. The lowest BCUT2D eigenvalue weighted by atomic mass is 10.3. The van der Waals surface area contributed by atoms with Gasteiger partial charge in [0.2, 0.25) is 0 Å². The predicted molar refractivity (Wildman–Crippen MR) is 51.7 cm³/mol. The number of rotatable bonds is 3.